The first-order chi connectivity index (χ1) is 6.27. The molecule has 0 radical (unpaired) electrons. The Bertz CT molecular complexity index is 201. The first kappa shape index (κ1) is 8.97. The predicted molar refractivity (Wildman–Crippen MR) is 50.2 cm³/mol. The second kappa shape index (κ2) is 3.64. The van der Waals surface area contributed by atoms with Gasteiger partial charge < -0.3 is 11.1 Å². The third-order valence-corrected chi connectivity index (χ3v) is 3.08. The van der Waals surface area contributed by atoms with E-state index in [2.05, 4.69) is 10.2 Å². The van der Waals surface area contributed by atoms with Gasteiger partial charge in [0.1, 0.15) is 0 Å². The fourth-order valence-corrected chi connectivity index (χ4v) is 2.18. The number of carbonyl (C=O) groups excluding carboxylic acids is 1. The Hall–Kier alpha value is -0.610. The Morgan fingerprint density at radius 1 is 1.54 bits per heavy atom. The zero-order valence-corrected chi connectivity index (χ0v) is 7.83. The average Bonchev–Trinajstić information content (AvgIpc) is 2.48. The van der Waals surface area contributed by atoms with E-state index in [4.69, 9.17) is 5.73 Å². The molecule has 2 atom stereocenters. The van der Waals surface area contributed by atoms with Crippen LogP contribution in [0.2, 0.25) is 0 Å². The van der Waals surface area contributed by atoms with Crippen LogP contribution in [0.4, 0.5) is 0 Å². The number of hydrogen-bond acceptors (Lipinski definition) is 3. The fourth-order valence-electron chi connectivity index (χ4n) is 2.18. The molecule has 0 aromatic carbocycles. The smallest absolute Gasteiger partial charge is 0.234 e. The summed E-state index contributed by atoms with van der Waals surface area (Å²) in [6.45, 7) is 3.15. The number of nitrogens with zero attached hydrogens (tertiary/aromatic N) is 1. The highest BCUT2D eigenvalue weighted by Crippen LogP contribution is 2.18. The molecule has 4 heteroatoms. The number of amides is 1. The summed E-state index contributed by atoms with van der Waals surface area (Å²) in [5.41, 5.74) is 5.26. The summed E-state index contributed by atoms with van der Waals surface area (Å²) < 4.78 is 0. The lowest BCUT2D eigenvalue weighted by Gasteiger charge is -2.40. The molecule has 13 heavy (non-hydrogen) atoms. The highest BCUT2D eigenvalue weighted by Gasteiger charge is 2.34. The number of nitrogens with two attached hydrogens (primary N) is 1. The van der Waals surface area contributed by atoms with Gasteiger partial charge in [0.25, 0.3) is 0 Å². The first-order valence-corrected chi connectivity index (χ1v) is 5.04. The zero-order chi connectivity index (χ0) is 9.26. The average molecular weight is 183 g/mol. The van der Waals surface area contributed by atoms with Crippen LogP contribution in [0.15, 0.2) is 0 Å². The molecule has 0 aromatic heterocycles. The molecule has 2 aliphatic rings. The maximum Gasteiger partial charge on any atom is 0.234 e. The van der Waals surface area contributed by atoms with Crippen molar-refractivity contribution in [2.75, 3.05) is 19.6 Å². The topological polar surface area (TPSA) is 58.4 Å². The molecule has 0 aromatic rings. The van der Waals surface area contributed by atoms with Crippen LogP contribution in [-0.4, -0.2) is 42.5 Å². The Morgan fingerprint density at radius 2 is 2.38 bits per heavy atom. The molecule has 0 spiro atoms. The highest BCUT2D eigenvalue weighted by atomic mass is 16.1. The summed E-state index contributed by atoms with van der Waals surface area (Å²) >= 11 is 0. The molecule has 2 saturated heterocycles. The third-order valence-electron chi connectivity index (χ3n) is 3.08. The number of likely N-dealkylation sites (tertiary alicyclic amines) is 1. The second-order valence-corrected chi connectivity index (χ2v) is 4.00. The number of rotatable bonds is 3. The second-order valence-electron chi connectivity index (χ2n) is 4.00. The SMILES string of the molecule is NC(=O)C1CCN1CC1CCCN1. The first-order valence-electron chi connectivity index (χ1n) is 5.04. The van der Waals surface area contributed by atoms with Crippen LogP contribution < -0.4 is 11.1 Å². The van der Waals surface area contributed by atoms with Gasteiger partial charge in [0.05, 0.1) is 6.04 Å². The molecule has 0 bridgehead atoms. The van der Waals surface area contributed by atoms with Crippen LogP contribution in [0, 0.1) is 0 Å². The maximum absolute atomic E-state index is 10.9. The minimum atomic E-state index is -0.163. The van der Waals surface area contributed by atoms with Gasteiger partial charge in [0, 0.05) is 19.1 Å². The van der Waals surface area contributed by atoms with Crippen molar-refractivity contribution in [2.24, 2.45) is 5.73 Å². The van der Waals surface area contributed by atoms with Gasteiger partial charge in [-0.1, -0.05) is 0 Å². The van der Waals surface area contributed by atoms with Crippen molar-refractivity contribution in [1.82, 2.24) is 10.2 Å². The van der Waals surface area contributed by atoms with E-state index in [9.17, 15) is 4.79 Å². The third kappa shape index (κ3) is 1.84. The van der Waals surface area contributed by atoms with E-state index in [-0.39, 0.29) is 11.9 Å². The molecule has 74 valence electrons. The summed E-state index contributed by atoms with van der Waals surface area (Å²) in [5, 5.41) is 3.42. The normalized spacial score (nSPS) is 34.5. The molecule has 4 nitrogen and oxygen atoms in total. The van der Waals surface area contributed by atoms with E-state index in [1.807, 2.05) is 0 Å². The van der Waals surface area contributed by atoms with E-state index < -0.39 is 0 Å². The maximum atomic E-state index is 10.9. The molecule has 2 rings (SSSR count). The summed E-state index contributed by atoms with van der Waals surface area (Å²) in [7, 11) is 0. The lowest BCUT2D eigenvalue weighted by atomic mass is 10.0. The van der Waals surface area contributed by atoms with E-state index in [1.54, 1.807) is 0 Å². The van der Waals surface area contributed by atoms with Crippen molar-refractivity contribution in [3.8, 4) is 0 Å². The number of hydrogen-bond donors (Lipinski definition) is 2. The molecule has 2 aliphatic heterocycles. The van der Waals surface area contributed by atoms with Crippen molar-refractivity contribution < 1.29 is 4.79 Å². The van der Waals surface area contributed by atoms with Gasteiger partial charge in [-0.3, -0.25) is 9.69 Å². The number of nitrogens with one attached hydrogen (secondary N) is 1. The van der Waals surface area contributed by atoms with Gasteiger partial charge >= 0.3 is 0 Å². The minimum absolute atomic E-state index is 0.0161. The standard InChI is InChI=1S/C9H17N3O/c10-9(13)8-3-5-12(8)6-7-2-1-4-11-7/h7-8,11H,1-6H2,(H2,10,13). The lowest BCUT2D eigenvalue weighted by Crippen LogP contribution is -2.57. The minimum Gasteiger partial charge on any atom is -0.368 e. The monoisotopic (exact) mass is 183 g/mol. The van der Waals surface area contributed by atoms with Gasteiger partial charge in [-0.05, 0) is 25.8 Å². The number of primary amides is 1. The van der Waals surface area contributed by atoms with Crippen molar-refractivity contribution in [3.63, 3.8) is 0 Å². The van der Waals surface area contributed by atoms with Crippen molar-refractivity contribution >= 4 is 5.91 Å². The highest BCUT2D eigenvalue weighted by molar-refractivity contribution is 5.80. The van der Waals surface area contributed by atoms with Crippen LogP contribution in [0.5, 0.6) is 0 Å². The Balaban J connectivity index is 1.78. The molecule has 2 heterocycles. The summed E-state index contributed by atoms with van der Waals surface area (Å²) in [6, 6.07) is 0.601. The quantitative estimate of drug-likeness (QED) is 0.608. The van der Waals surface area contributed by atoms with Gasteiger partial charge in [0.2, 0.25) is 5.91 Å². The molecule has 2 fully saturated rings. The van der Waals surface area contributed by atoms with Gasteiger partial charge in [-0.15, -0.1) is 0 Å². The van der Waals surface area contributed by atoms with Crippen LogP contribution in [0.3, 0.4) is 0 Å². The molecule has 2 unspecified atom stereocenters. The van der Waals surface area contributed by atoms with Crippen LogP contribution in [0.25, 0.3) is 0 Å². The van der Waals surface area contributed by atoms with E-state index in [1.165, 1.54) is 12.8 Å². The van der Waals surface area contributed by atoms with Gasteiger partial charge in [-0.25, -0.2) is 0 Å². The number of carbonyl (C=O) groups is 1. The van der Waals surface area contributed by atoms with E-state index in [0.29, 0.717) is 6.04 Å². The molecule has 0 aliphatic carbocycles. The van der Waals surface area contributed by atoms with Crippen molar-refractivity contribution in [1.29, 1.82) is 0 Å². The van der Waals surface area contributed by atoms with Crippen molar-refractivity contribution in [2.45, 2.75) is 31.3 Å². The van der Waals surface area contributed by atoms with Crippen LogP contribution in [0.1, 0.15) is 19.3 Å². The predicted octanol–water partition coefficient (Wildman–Crippen LogP) is -0.702. The molecular formula is C9H17N3O. The van der Waals surface area contributed by atoms with E-state index in [0.717, 1.165) is 26.1 Å². The Kier molecular flexibility index (Phi) is 2.51. The fraction of sp³-hybridized carbons (Fsp3) is 0.889. The largest absolute Gasteiger partial charge is 0.368 e. The van der Waals surface area contributed by atoms with Crippen LogP contribution >= 0.6 is 0 Å². The molecule has 3 N–H and O–H groups in total. The van der Waals surface area contributed by atoms with Crippen LogP contribution in [-0.2, 0) is 4.79 Å². The van der Waals surface area contributed by atoms with Crippen molar-refractivity contribution in [3.05, 3.63) is 0 Å². The van der Waals surface area contributed by atoms with Gasteiger partial charge in [-0.2, -0.15) is 0 Å². The Labute approximate surface area is 78.5 Å². The molecule has 1 amide bonds. The van der Waals surface area contributed by atoms with Gasteiger partial charge in [0.15, 0.2) is 0 Å². The summed E-state index contributed by atoms with van der Waals surface area (Å²) in [6.07, 6.45) is 3.45. The summed E-state index contributed by atoms with van der Waals surface area (Å²) in [5.74, 6) is -0.163. The molecular weight excluding hydrogens is 166 g/mol. The lowest BCUT2D eigenvalue weighted by molar-refractivity contribution is -0.127. The molecule has 0 saturated carbocycles. The van der Waals surface area contributed by atoms with E-state index >= 15 is 0 Å². The summed E-state index contributed by atoms with van der Waals surface area (Å²) in [4.78, 5) is 13.1. The zero-order valence-electron chi connectivity index (χ0n) is 7.83. The Morgan fingerprint density at radius 3 is 2.85 bits per heavy atom.